The third-order valence-corrected chi connectivity index (χ3v) is 5.60. The number of benzene rings is 2. The molecule has 3 rings (SSSR count). The van der Waals surface area contributed by atoms with Gasteiger partial charge >= 0.3 is 0 Å². The average Bonchev–Trinajstić information content (AvgIpc) is 2.76. The predicted molar refractivity (Wildman–Crippen MR) is 122 cm³/mol. The number of nitrogens with zero attached hydrogens (tertiary/aromatic N) is 2. The molecule has 0 fully saturated rings. The summed E-state index contributed by atoms with van der Waals surface area (Å²) in [7, 11) is 1.53. The number of ketones is 1. The highest BCUT2D eigenvalue weighted by atomic mass is 32.2. The van der Waals surface area contributed by atoms with Gasteiger partial charge in [-0.1, -0.05) is 11.8 Å². The van der Waals surface area contributed by atoms with Crippen molar-refractivity contribution in [3.8, 4) is 0 Å². The summed E-state index contributed by atoms with van der Waals surface area (Å²) in [6.07, 6.45) is 0. The lowest BCUT2D eigenvalue weighted by Gasteiger charge is -2.13. The van der Waals surface area contributed by atoms with Crippen molar-refractivity contribution in [2.45, 2.75) is 31.6 Å². The summed E-state index contributed by atoms with van der Waals surface area (Å²) < 4.78 is 19.7. The molecule has 1 aromatic heterocycles. The van der Waals surface area contributed by atoms with Crippen LogP contribution in [0.15, 0.2) is 52.4 Å². The first-order valence-corrected chi connectivity index (χ1v) is 11.0. The van der Waals surface area contributed by atoms with Gasteiger partial charge in [-0.05, 0) is 56.3 Å². The molecule has 2 aromatic carbocycles. The molecular formula is C23H24FN3O4S. The monoisotopic (exact) mass is 457 g/mol. The minimum Gasteiger partial charge on any atom is -0.383 e. The van der Waals surface area contributed by atoms with Gasteiger partial charge in [-0.2, -0.15) is 0 Å². The van der Waals surface area contributed by atoms with E-state index in [-0.39, 0.29) is 35.6 Å². The first-order valence-electron chi connectivity index (χ1n) is 10.1. The molecule has 0 bridgehead atoms. The molecule has 168 valence electrons. The van der Waals surface area contributed by atoms with Gasteiger partial charge in [0.2, 0.25) is 0 Å². The fourth-order valence-corrected chi connectivity index (χ4v) is 3.95. The van der Waals surface area contributed by atoms with Crippen molar-refractivity contribution in [2.75, 3.05) is 19.5 Å². The number of Topliss-reactive ketones (excluding diaryl/α,β-unsaturated/α-hetero) is 1. The molecule has 3 aromatic rings. The van der Waals surface area contributed by atoms with Crippen LogP contribution in [0.25, 0.3) is 10.9 Å². The van der Waals surface area contributed by atoms with Crippen LogP contribution in [0, 0.1) is 5.82 Å². The Labute approximate surface area is 189 Å². The Kier molecular flexibility index (Phi) is 7.76. The highest BCUT2D eigenvalue weighted by Crippen LogP contribution is 2.20. The zero-order valence-electron chi connectivity index (χ0n) is 18.1. The fourth-order valence-electron chi connectivity index (χ4n) is 3.03. The number of hydrogen-bond donors (Lipinski definition) is 1. The van der Waals surface area contributed by atoms with E-state index in [2.05, 4.69) is 10.3 Å². The van der Waals surface area contributed by atoms with E-state index < -0.39 is 5.82 Å². The quantitative estimate of drug-likeness (QED) is 0.301. The summed E-state index contributed by atoms with van der Waals surface area (Å²) >= 11 is 1.11. The molecule has 0 atom stereocenters. The van der Waals surface area contributed by atoms with E-state index in [0.717, 1.165) is 11.8 Å². The number of methoxy groups -OCH3 is 1. The Balaban J connectivity index is 1.95. The average molecular weight is 458 g/mol. The second kappa shape index (κ2) is 10.5. The molecule has 0 saturated heterocycles. The van der Waals surface area contributed by atoms with Crippen molar-refractivity contribution in [2.24, 2.45) is 0 Å². The molecule has 0 aliphatic carbocycles. The van der Waals surface area contributed by atoms with E-state index >= 15 is 0 Å². The van der Waals surface area contributed by atoms with Gasteiger partial charge in [-0.3, -0.25) is 19.0 Å². The number of hydrogen-bond acceptors (Lipinski definition) is 6. The summed E-state index contributed by atoms with van der Waals surface area (Å²) in [5, 5.41) is 3.53. The number of ether oxygens (including phenoxy) is 1. The molecule has 9 heteroatoms. The van der Waals surface area contributed by atoms with Crippen molar-refractivity contribution < 1.29 is 18.7 Å². The zero-order chi connectivity index (χ0) is 23.3. The molecular weight excluding hydrogens is 433 g/mol. The van der Waals surface area contributed by atoms with Gasteiger partial charge in [0, 0.05) is 24.3 Å². The molecule has 0 aliphatic heterocycles. The second-order valence-corrected chi connectivity index (χ2v) is 8.37. The number of fused-ring (bicyclic) bond motifs is 1. The SMILES string of the molecule is COCCn1c(SCC(=O)c2ccc(F)cc2)nc2cc(C(=O)NC(C)C)ccc2c1=O. The first kappa shape index (κ1) is 23.6. The van der Waals surface area contributed by atoms with E-state index in [9.17, 15) is 18.8 Å². The molecule has 1 N–H and O–H groups in total. The third-order valence-electron chi connectivity index (χ3n) is 4.62. The van der Waals surface area contributed by atoms with E-state index in [1.807, 2.05) is 13.8 Å². The summed E-state index contributed by atoms with van der Waals surface area (Å²) in [4.78, 5) is 42.5. The Morgan fingerprint density at radius 3 is 2.50 bits per heavy atom. The maximum atomic E-state index is 13.1. The van der Waals surface area contributed by atoms with E-state index in [1.165, 1.54) is 35.9 Å². The smallest absolute Gasteiger partial charge is 0.262 e. The van der Waals surface area contributed by atoms with Crippen LogP contribution >= 0.6 is 11.8 Å². The first-order chi connectivity index (χ1) is 15.3. The van der Waals surface area contributed by atoms with Crippen molar-refractivity contribution in [1.29, 1.82) is 0 Å². The number of rotatable bonds is 9. The largest absolute Gasteiger partial charge is 0.383 e. The Hall–Kier alpha value is -3.04. The van der Waals surface area contributed by atoms with Gasteiger partial charge in [0.05, 0.1) is 29.8 Å². The number of amides is 1. The van der Waals surface area contributed by atoms with Crippen molar-refractivity contribution in [3.63, 3.8) is 0 Å². The number of halogens is 1. The van der Waals surface area contributed by atoms with Crippen LogP contribution in [0.4, 0.5) is 4.39 Å². The molecule has 0 spiro atoms. The molecule has 0 saturated carbocycles. The normalized spacial score (nSPS) is 11.2. The lowest BCUT2D eigenvalue weighted by molar-refractivity contribution is 0.0942. The van der Waals surface area contributed by atoms with Crippen LogP contribution < -0.4 is 10.9 Å². The lowest BCUT2D eigenvalue weighted by Crippen LogP contribution is -2.30. The van der Waals surface area contributed by atoms with Crippen LogP contribution in [0.5, 0.6) is 0 Å². The maximum Gasteiger partial charge on any atom is 0.262 e. The highest BCUT2D eigenvalue weighted by molar-refractivity contribution is 7.99. The van der Waals surface area contributed by atoms with Crippen molar-refractivity contribution >= 4 is 34.4 Å². The van der Waals surface area contributed by atoms with Crippen molar-refractivity contribution in [3.05, 3.63) is 69.8 Å². The zero-order valence-corrected chi connectivity index (χ0v) is 18.9. The topological polar surface area (TPSA) is 90.3 Å². The molecule has 0 radical (unpaired) electrons. The summed E-state index contributed by atoms with van der Waals surface area (Å²) in [5.41, 5.74) is 0.862. The second-order valence-electron chi connectivity index (χ2n) is 7.42. The van der Waals surface area contributed by atoms with E-state index in [0.29, 0.717) is 33.8 Å². The summed E-state index contributed by atoms with van der Waals surface area (Å²) in [5.74, 6) is -0.874. The molecule has 0 aliphatic rings. The Bertz CT molecular complexity index is 1190. The van der Waals surface area contributed by atoms with Gasteiger partial charge in [0.25, 0.3) is 11.5 Å². The highest BCUT2D eigenvalue weighted by Gasteiger charge is 2.16. The summed E-state index contributed by atoms with van der Waals surface area (Å²) in [6.45, 7) is 4.28. The number of aromatic nitrogens is 2. The maximum absolute atomic E-state index is 13.1. The van der Waals surface area contributed by atoms with Crippen LogP contribution in [-0.4, -0.2) is 46.8 Å². The van der Waals surface area contributed by atoms with Crippen molar-refractivity contribution in [1.82, 2.24) is 14.9 Å². The molecule has 7 nitrogen and oxygen atoms in total. The Morgan fingerprint density at radius 1 is 1.16 bits per heavy atom. The van der Waals surface area contributed by atoms with E-state index in [4.69, 9.17) is 4.74 Å². The van der Waals surface area contributed by atoms with Gasteiger partial charge < -0.3 is 10.1 Å². The summed E-state index contributed by atoms with van der Waals surface area (Å²) in [6, 6.07) is 10.0. The fraction of sp³-hybridized carbons (Fsp3) is 0.304. The van der Waals surface area contributed by atoms with Gasteiger partial charge in [0.15, 0.2) is 10.9 Å². The van der Waals surface area contributed by atoms with Crippen LogP contribution in [-0.2, 0) is 11.3 Å². The minimum absolute atomic E-state index is 0.0179. The standard InChI is InChI=1S/C23H24FN3O4S/c1-14(2)25-21(29)16-6-9-18-19(12-16)26-23(27(22(18)30)10-11-31-3)32-13-20(28)15-4-7-17(24)8-5-15/h4-9,12,14H,10-11,13H2,1-3H3,(H,25,29). The van der Waals surface area contributed by atoms with Crippen LogP contribution in [0.1, 0.15) is 34.6 Å². The van der Waals surface area contributed by atoms with Gasteiger partial charge in [0.1, 0.15) is 5.82 Å². The number of thioether (sulfide) groups is 1. The number of carbonyl (C=O) groups excluding carboxylic acids is 2. The third kappa shape index (κ3) is 5.60. The molecule has 0 unspecified atom stereocenters. The van der Waals surface area contributed by atoms with Crippen LogP contribution in [0.2, 0.25) is 0 Å². The number of nitrogens with one attached hydrogen (secondary N) is 1. The number of carbonyl (C=O) groups is 2. The van der Waals surface area contributed by atoms with Gasteiger partial charge in [-0.25, -0.2) is 9.37 Å². The Morgan fingerprint density at radius 2 is 1.84 bits per heavy atom. The predicted octanol–water partition coefficient (Wildman–Crippen LogP) is 3.30. The lowest BCUT2D eigenvalue weighted by atomic mass is 10.1. The molecule has 1 heterocycles. The molecule has 1 amide bonds. The van der Waals surface area contributed by atoms with Crippen LogP contribution in [0.3, 0.4) is 0 Å². The minimum atomic E-state index is -0.420. The van der Waals surface area contributed by atoms with E-state index in [1.54, 1.807) is 18.2 Å². The molecule has 32 heavy (non-hydrogen) atoms. The van der Waals surface area contributed by atoms with Gasteiger partial charge in [-0.15, -0.1) is 0 Å².